The molecule has 2 aliphatic heterocycles. The predicted octanol–water partition coefficient (Wildman–Crippen LogP) is 5.44. The Hall–Kier alpha value is -2.93. The average Bonchev–Trinajstić information content (AvgIpc) is 3.41. The molecule has 2 aromatic rings. The second-order valence-electron chi connectivity index (χ2n) is 11.8. The van der Waals surface area contributed by atoms with E-state index < -0.39 is 46.2 Å². The van der Waals surface area contributed by atoms with Crippen molar-refractivity contribution in [2.24, 2.45) is 0 Å². The van der Waals surface area contributed by atoms with Crippen LogP contribution in [0, 0.1) is 0 Å². The molecule has 234 valence electrons. The van der Waals surface area contributed by atoms with Gasteiger partial charge >= 0.3 is 12.1 Å². The van der Waals surface area contributed by atoms with Crippen molar-refractivity contribution in [1.82, 2.24) is 9.21 Å². The van der Waals surface area contributed by atoms with Gasteiger partial charge in [-0.25, -0.2) is 13.2 Å². The number of fused-ring (bicyclic) bond motifs is 1. The molecule has 10 nitrogen and oxygen atoms in total. The third kappa shape index (κ3) is 8.59. The van der Waals surface area contributed by atoms with Crippen LogP contribution in [0.2, 0.25) is 4.34 Å². The monoisotopic (exact) mass is 651 g/mol. The molecular weight excluding hydrogens is 614 g/mol. The number of hydrogen-bond acceptors (Lipinski definition) is 8. The van der Waals surface area contributed by atoms with Crippen molar-refractivity contribution in [2.45, 2.75) is 78.2 Å². The van der Waals surface area contributed by atoms with Crippen molar-refractivity contribution in [3.8, 4) is 0 Å². The summed E-state index contributed by atoms with van der Waals surface area (Å²) in [5.74, 6) is -1.16. The maximum absolute atomic E-state index is 13.7. The van der Waals surface area contributed by atoms with Crippen molar-refractivity contribution < 1.29 is 32.3 Å². The first kappa shape index (κ1) is 33.0. The van der Waals surface area contributed by atoms with Crippen LogP contribution in [-0.4, -0.2) is 73.0 Å². The number of carbonyl (C=O) groups excluding carboxylic acids is 3. The zero-order valence-electron chi connectivity index (χ0n) is 25.0. The molecule has 0 spiro atoms. The quantitative estimate of drug-likeness (QED) is 0.349. The van der Waals surface area contributed by atoms with Crippen LogP contribution < -0.4 is 4.90 Å². The van der Waals surface area contributed by atoms with Gasteiger partial charge in [-0.3, -0.25) is 9.59 Å². The van der Waals surface area contributed by atoms with Gasteiger partial charge in [-0.15, -0.1) is 11.3 Å². The van der Waals surface area contributed by atoms with Gasteiger partial charge < -0.3 is 19.3 Å². The molecule has 43 heavy (non-hydrogen) atoms. The Balaban J connectivity index is 1.55. The Morgan fingerprint density at radius 2 is 1.91 bits per heavy atom. The Morgan fingerprint density at radius 1 is 1.16 bits per heavy atom. The van der Waals surface area contributed by atoms with E-state index in [1.54, 1.807) is 35.8 Å². The highest BCUT2D eigenvalue weighted by Gasteiger charge is 2.42. The maximum atomic E-state index is 13.7. The number of esters is 1. The first-order chi connectivity index (χ1) is 20.1. The summed E-state index contributed by atoms with van der Waals surface area (Å²) < 4.78 is 39.2. The number of anilines is 1. The lowest BCUT2D eigenvalue weighted by atomic mass is 10.0. The Morgan fingerprint density at radius 3 is 2.56 bits per heavy atom. The molecule has 1 saturated heterocycles. The smallest absolute Gasteiger partial charge is 0.410 e. The van der Waals surface area contributed by atoms with Crippen molar-refractivity contribution in [1.29, 1.82) is 0 Å². The number of benzene rings is 1. The predicted molar refractivity (Wildman–Crippen MR) is 167 cm³/mol. The number of sulfonamides is 1. The molecule has 0 N–H and O–H groups in total. The summed E-state index contributed by atoms with van der Waals surface area (Å²) in [5, 5.41) is 0.993. The third-order valence-electron chi connectivity index (χ3n) is 6.89. The zero-order valence-corrected chi connectivity index (χ0v) is 27.4. The minimum atomic E-state index is -4.19. The van der Waals surface area contributed by atoms with Crippen LogP contribution in [0.5, 0.6) is 0 Å². The summed E-state index contributed by atoms with van der Waals surface area (Å²) in [4.78, 5) is 42.9. The number of amides is 2. The highest BCUT2D eigenvalue weighted by Crippen LogP contribution is 2.31. The molecule has 1 atom stereocenters. The number of thiophene rings is 1. The summed E-state index contributed by atoms with van der Waals surface area (Å²) in [6.07, 6.45) is 2.25. The van der Waals surface area contributed by atoms with Crippen LogP contribution in [0.25, 0.3) is 6.08 Å². The summed E-state index contributed by atoms with van der Waals surface area (Å²) in [7, 11) is -4.19. The molecule has 1 aromatic heterocycles. The lowest BCUT2D eigenvalue weighted by Crippen LogP contribution is -2.47. The molecule has 3 heterocycles. The molecule has 2 amide bonds. The van der Waals surface area contributed by atoms with E-state index in [1.807, 2.05) is 39.0 Å². The van der Waals surface area contributed by atoms with Crippen molar-refractivity contribution >= 4 is 62.7 Å². The fourth-order valence-electron chi connectivity index (χ4n) is 5.04. The van der Waals surface area contributed by atoms with Crippen LogP contribution in [0.1, 0.15) is 63.5 Å². The topological polar surface area (TPSA) is 114 Å². The molecule has 0 saturated carbocycles. The van der Waals surface area contributed by atoms with Crippen LogP contribution in [-0.2, 0) is 42.1 Å². The van der Waals surface area contributed by atoms with Crippen LogP contribution in [0.4, 0.5) is 10.5 Å². The molecule has 1 aromatic carbocycles. The second kappa shape index (κ2) is 13.4. The molecule has 0 aliphatic carbocycles. The van der Waals surface area contributed by atoms with Gasteiger partial charge in [0.15, 0.2) is 0 Å². The summed E-state index contributed by atoms with van der Waals surface area (Å²) >= 11 is 7.18. The molecule has 4 rings (SSSR count). The summed E-state index contributed by atoms with van der Waals surface area (Å²) in [6, 6.07) is 7.90. The van der Waals surface area contributed by atoms with Crippen molar-refractivity contribution in [3.63, 3.8) is 0 Å². The van der Waals surface area contributed by atoms with Crippen molar-refractivity contribution in [2.75, 3.05) is 24.5 Å². The first-order valence-electron chi connectivity index (χ1n) is 14.2. The van der Waals surface area contributed by atoms with E-state index in [9.17, 15) is 22.8 Å². The number of carbonyl (C=O) groups is 3. The third-order valence-corrected chi connectivity index (χ3v) is 9.60. The average molecular weight is 652 g/mol. The van der Waals surface area contributed by atoms with E-state index in [2.05, 4.69) is 0 Å². The number of rotatable bonds is 8. The summed E-state index contributed by atoms with van der Waals surface area (Å²) in [6.45, 7) is 9.47. The standard InChI is InChI=1S/C30H38ClN3O7S2/c1-20(2)40-27(35)19-34(43(38,39)16-13-24-10-11-26(31)42-24)25-12-15-33(28(25)36)23-9-8-22-18-32(14-6-7-21(22)17-23)29(37)41-30(3,4)5/h8-11,13,16-17,20,25H,6-7,12,14-15,18-19H2,1-5H3/b16-13+/t25-/m0/s1. The number of nitrogens with zero attached hydrogens (tertiary/aromatic N) is 3. The fraction of sp³-hybridized carbons (Fsp3) is 0.500. The number of hydrogen-bond donors (Lipinski definition) is 0. The molecule has 0 radical (unpaired) electrons. The van der Waals surface area contributed by atoms with E-state index in [4.69, 9.17) is 21.1 Å². The van der Waals surface area contributed by atoms with E-state index in [-0.39, 0.29) is 19.1 Å². The van der Waals surface area contributed by atoms with Crippen LogP contribution in [0.15, 0.2) is 35.7 Å². The van der Waals surface area contributed by atoms with Gasteiger partial charge in [-0.2, -0.15) is 4.31 Å². The zero-order chi connectivity index (χ0) is 31.5. The van der Waals surface area contributed by atoms with E-state index in [0.717, 1.165) is 27.3 Å². The van der Waals surface area contributed by atoms with E-state index >= 15 is 0 Å². The van der Waals surface area contributed by atoms with Crippen LogP contribution >= 0.6 is 22.9 Å². The fourth-order valence-corrected chi connectivity index (χ4v) is 7.40. The molecule has 13 heteroatoms. The minimum absolute atomic E-state index is 0.204. The lowest BCUT2D eigenvalue weighted by molar-refractivity contribution is -0.148. The van der Waals surface area contributed by atoms with Gasteiger partial charge in [0.25, 0.3) is 0 Å². The normalized spacial score (nSPS) is 18.0. The van der Waals surface area contributed by atoms with Crippen molar-refractivity contribution in [3.05, 3.63) is 56.1 Å². The SMILES string of the molecule is CC(C)OC(=O)CN([C@H]1CCN(c2ccc3c(c2)CCCN(C(=O)OC(C)(C)C)C3)C1=O)S(=O)(=O)/C=C/c1ccc(Cl)s1. The number of aryl methyl sites for hydroxylation is 1. The van der Waals surface area contributed by atoms with E-state index in [1.165, 1.54) is 17.4 Å². The molecule has 1 fully saturated rings. The second-order valence-corrected chi connectivity index (χ2v) is 15.3. The Labute approximate surface area is 262 Å². The first-order valence-corrected chi connectivity index (χ1v) is 16.9. The summed E-state index contributed by atoms with van der Waals surface area (Å²) in [5.41, 5.74) is 2.03. The maximum Gasteiger partial charge on any atom is 0.410 e. The molecule has 2 aliphatic rings. The van der Waals surface area contributed by atoms with Gasteiger partial charge in [0.1, 0.15) is 18.2 Å². The Kier molecular flexibility index (Phi) is 10.3. The number of ether oxygens (including phenoxy) is 2. The minimum Gasteiger partial charge on any atom is -0.462 e. The van der Waals surface area contributed by atoms with Gasteiger partial charge in [0, 0.05) is 35.6 Å². The van der Waals surface area contributed by atoms with Crippen LogP contribution in [0.3, 0.4) is 0 Å². The van der Waals surface area contributed by atoms with Gasteiger partial charge in [-0.05, 0) is 95.3 Å². The van der Waals surface area contributed by atoms with Gasteiger partial charge in [-0.1, -0.05) is 17.7 Å². The van der Waals surface area contributed by atoms with E-state index in [0.29, 0.717) is 34.4 Å². The number of halogens is 1. The molecule has 0 bridgehead atoms. The van der Waals surface area contributed by atoms with Gasteiger partial charge in [0.2, 0.25) is 15.9 Å². The highest BCUT2D eigenvalue weighted by atomic mass is 35.5. The largest absolute Gasteiger partial charge is 0.462 e. The Bertz CT molecular complexity index is 1500. The highest BCUT2D eigenvalue weighted by molar-refractivity contribution is 7.92. The van der Waals surface area contributed by atoms with Gasteiger partial charge in [0.05, 0.1) is 10.4 Å². The lowest BCUT2D eigenvalue weighted by Gasteiger charge is -2.27. The molecular formula is C30H38ClN3O7S2. The molecule has 0 unspecified atom stereocenters.